The first kappa shape index (κ1) is 29.4. The van der Waals surface area contributed by atoms with Gasteiger partial charge in [0.2, 0.25) is 6.29 Å². The molecule has 3 aliphatic rings. The van der Waals surface area contributed by atoms with E-state index in [2.05, 4.69) is 0 Å². The Morgan fingerprint density at radius 1 is 0.829 bits per heavy atom. The topological polar surface area (TPSA) is 225 Å². The normalized spacial score (nSPS) is 37.2. The summed E-state index contributed by atoms with van der Waals surface area (Å²) in [7, 11) is 0. The van der Waals surface area contributed by atoms with E-state index in [-0.39, 0.29) is 29.2 Å². The molecule has 8 N–H and O–H groups in total. The van der Waals surface area contributed by atoms with Crippen LogP contribution in [0.4, 0.5) is 0 Å². The lowest BCUT2D eigenvalue weighted by Gasteiger charge is -2.42. The van der Waals surface area contributed by atoms with Gasteiger partial charge >= 0.3 is 0 Å². The number of Topliss-reactive ketones (excluding diaryl/α,β-unsaturated/α-hetero) is 1. The summed E-state index contributed by atoms with van der Waals surface area (Å²) in [5.74, 6) is -0.893. The second-order valence-electron chi connectivity index (χ2n) is 10.3. The SMILES string of the molecule is C[C@@H]1O[C@@H](OC[C@H]2O[C@@H](Oc3cc(O)c4c(c3)O[C@@H](c3ccc(O)cc3)CC4=O)[C@H](O)[C@@H](O)[C@@H]2O)[C@H](O)[C@H](O)[C@H]1O. The van der Waals surface area contributed by atoms with Gasteiger partial charge in [0.25, 0.3) is 0 Å². The Hall–Kier alpha value is -3.05. The number of benzene rings is 2. The van der Waals surface area contributed by atoms with Crippen molar-refractivity contribution in [1.29, 1.82) is 0 Å². The average Bonchev–Trinajstić information content (AvgIpc) is 2.94. The standard InChI is InChI=1S/C27H32O14/c1-10-20(31)22(33)24(35)26(38-10)37-9-18-21(32)23(34)25(36)27(41-18)39-13-6-14(29)19-15(30)8-16(40-17(19)7-13)11-2-4-12(28)5-3-11/h2-7,10,16,18,20-29,31-36H,8-9H2,1H3/t10-,16+,18+,20-,21+,22+,23-,24+,25+,26+,27+/m0/s1. The molecular formula is C27H32O14. The maximum atomic E-state index is 12.8. The molecule has 0 bridgehead atoms. The first-order valence-electron chi connectivity index (χ1n) is 13.0. The zero-order valence-electron chi connectivity index (χ0n) is 21.8. The van der Waals surface area contributed by atoms with Crippen LogP contribution in [0.3, 0.4) is 0 Å². The molecular weight excluding hydrogens is 548 g/mol. The fourth-order valence-corrected chi connectivity index (χ4v) is 4.98. The van der Waals surface area contributed by atoms with Gasteiger partial charge in [-0.25, -0.2) is 0 Å². The quantitative estimate of drug-likeness (QED) is 0.202. The molecule has 5 rings (SSSR count). The number of rotatable bonds is 6. The number of ether oxygens (including phenoxy) is 5. The lowest BCUT2D eigenvalue weighted by atomic mass is 9.95. The average molecular weight is 581 g/mol. The van der Waals surface area contributed by atoms with E-state index in [0.717, 1.165) is 6.07 Å². The molecule has 0 spiro atoms. The summed E-state index contributed by atoms with van der Waals surface area (Å²) in [5.41, 5.74) is 0.550. The van der Waals surface area contributed by atoms with Gasteiger partial charge in [-0.1, -0.05) is 12.1 Å². The third kappa shape index (κ3) is 5.83. The van der Waals surface area contributed by atoms with Gasteiger partial charge < -0.3 is 64.5 Å². The zero-order valence-corrected chi connectivity index (χ0v) is 21.8. The smallest absolute Gasteiger partial charge is 0.229 e. The Kier molecular flexibility index (Phi) is 8.39. The van der Waals surface area contributed by atoms with Gasteiger partial charge in [-0.2, -0.15) is 0 Å². The predicted molar refractivity (Wildman–Crippen MR) is 134 cm³/mol. The van der Waals surface area contributed by atoms with E-state index in [9.17, 15) is 45.6 Å². The van der Waals surface area contributed by atoms with Crippen molar-refractivity contribution in [3.05, 3.63) is 47.5 Å². The lowest BCUT2D eigenvalue weighted by molar-refractivity contribution is -0.318. The van der Waals surface area contributed by atoms with Crippen LogP contribution in [0, 0.1) is 0 Å². The van der Waals surface area contributed by atoms with Crippen molar-refractivity contribution < 1.29 is 69.3 Å². The van der Waals surface area contributed by atoms with E-state index >= 15 is 0 Å². The van der Waals surface area contributed by atoms with E-state index in [1.807, 2.05) is 0 Å². The summed E-state index contributed by atoms with van der Waals surface area (Å²) < 4.78 is 28.0. The second kappa shape index (κ2) is 11.7. The van der Waals surface area contributed by atoms with Crippen molar-refractivity contribution >= 4 is 5.78 Å². The molecule has 2 saturated heterocycles. The molecule has 0 aromatic heterocycles. The van der Waals surface area contributed by atoms with Crippen LogP contribution in [0.2, 0.25) is 0 Å². The van der Waals surface area contributed by atoms with Crippen molar-refractivity contribution in [3.8, 4) is 23.0 Å². The highest BCUT2D eigenvalue weighted by atomic mass is 16.7. The van der Waals surface area contributed by atoms with Gasteiger partial charge in [0, 0.05) is 12.1 Å². The van der Waals surface area contributed by atoms with Crippen molar-refractivity contribution in [2.75, 3.05) is 6.61 Å². The van der Waals surface area contributed by atoms with Gasteiger partial charge in [-0.15, -0.1) is 0 Å². The summed E-state index contributed by atoms with van der Waals surface area (Å²) in [6, 6.07) is 8.51. The Bertz CT molecular complexity index is 1240. The fourth-order valence-electron chi connectivity index (χ4n) is 4.98. The maximum absolute atomic E-state index is 12.8. The molecule has 2 aromatic carbocycles. The highest BCUT2D eigenvalue weighted by molar-refractivity contribution is 6.02. The number of hydrogen-bond acceptors (Lipinski definition) is 14. The molecule has 0 saturated carbocycles. The van der Waals surface area contributed by atoms with Crippen LogP contribution in [-0.4, -0.2) is 115 Å². The molecule has 0 amide bonds. The summed E-state index contributed by atoms with van der Waals surface area (Å²) in [6.07, 6.45) is -15.6. The van der Waals surface area contributed by atoms with Crippen LogP contribution in [0.5, 0.6) is 23.0 Å². The third-order valence-electron chi connectivity index (χ3n) is 7.39. The lowest BCUT2D eigenvalue weighted by Crippen LogP contribution is -2.61. The van der Waals surface area contributed by atoms with Crippen LogP contribution in [0.25, 0.3) is 0 Å². The molecule has 0 unspecified atom stereocenters. The van der Waals surface area contributed by atoms with Crippen molar-refractivity contribution in [3.63, 3.8) is 0 Å². The molecule has 41 heavy (non-hydrogen) atoms. The number of hydrogen-bond donors (Lipinski definition) is 8. The number of carbonyl (C=O) groups excluding carboxylic acids is 1. The van der Waals surface area contributed by atoms with Crippen molar-refractivity contribution in [1.82, 2.24) is 0 Å². The molecule has 14 nitrogen and oxygen atoms in total. The highest BCUT2D eigenvalue weighted by Crippen LogP contribution is 2.42. The van der Waals surface area contributed by atoms with E-state index in [0.29, 0.717) is 5.56 Å². The summed E-state index contributed by atoms with van der Waals surface area (Å²) in [5, 5.41) is 81.5. The van der Waals surface area contributed by atoms with E-state index < -0.39 is 85.7 Å². The number of phenols is 2. The third-order valence-corrected chi connectivity index (χ3v) is 7.39. The minimum atomic E-state index is -1.76. The first-order valence-corrected chi connectivity index (χ1v) is 13.0. The monoisotopic (exact) mass is 580 g/mol. The molecule has 2 fully saturated rings. The van der Waals surface area contributed by atoms with E-state index in [1.165, 1.54) is 25.1 Å². The van der Waals surface area contributed by atoms with Gasteiger partial charge in [0.1, 0.15) is 77.4 Å². The number of aromatic hydroxyl groups is 2. The number of fused-ring (bicyclic) bond motifs is 1. The van der Waals surface area contributed by atoms with E-state index in [4.69, 9.17) is 23.7 Å². The molecule has 0 radical (unpaired) electrons. The van der Waals surface area contributed by atoms with Crippen molar-refractivity contribution in [2.45, 2.75) is 80.9 Å². The van der Waals surface area contributed by atoms with Gasteiger partial charge in [0.15, 0.2) is 12.1 Å². The molecule has 14 heteroatoms. The summed E-state index contributed by atoms with van der Waals surface area (Å²) >= 11 is 0. The number of phenolic OH excluding ortho intramolecular Hbond substituents is 2. The molecule has 224 valence electrons. The number of aliphatic hydroxyl groups excluding tert-OH is 6. The summed E-state index contributed by atoms with van der Waals surface area (Å²) in [4.78, 5) is 12.8. The largest absolute Gasteiger partial charge is 0.508 e. The minimum absolute atomic E-state index is 0.00149. The highest BCUT2D eigenvalue weighted by Gasteiger charge is 2.47. The van der Waals surface area contributed by atoms with Gasteiger partial charge in [-0.05, 0) is 24.6 Å². The Balaban J connectivity index is 1.30. The Morgan fingerprint density at radius 2 is 1.49 bits per heavy atom. The predicted octanol–water partition coefficient (Wildman–Crippen LogP) is -1.17. The molecule has 11 atom stereocenters. The van der Waals surface area contributed by atoms with Crippen LogP contribution in [0.1, 0.15) is 35.4 Å². The number of aliphatic hydroxyl groups is 6. The molecule has 3 aliphatic heterocycles. The van der Waals surface area contributed by atoms with E-state index in [1.54, 1.807) is 12.1 Å². The van der Waals surface area contributed by atoms with Gasteiger partial charge in [0.05, 0.1) is 19.1 Å². The minimum Gasteiger partial charge on any atom is -0.508 e. The molecule has 2 aromatic rings. The maximum Gasteiger partial charge on any atom is 0.229 e. The number of carbonyl (C=O) groups is 1. The Labute approximate surface area is 233 Å². The molecule has 3 heterocycles. The van der Waals surface area contributed by atoms with Crippen LogP contribution >= 0.6 is 0 Å². The van der Waals surface area contributed by atoms with Gasteiger partial charge in [-0.3, -0.25) is 4.79 Å². The van der Waals surface area contributed by atoms with Crippen LogP contribution < -0.4 is 9.47 Å². The summed E-state index contributed by atoms with van der Waals surface area (Å²) in [6.45, 7) is 0.980. The zero-order chi connectivity index (χ0) is 29.6. The Morgan fingerprint density at radius 3 is 2.20 bits per heavy atom. The fraction of sp³-hybridized carbons (Fsp3) is 0.519. The second-order valence-corrected chi connectivity index (χ2v) is 10.3. The van der Waals surface area contributed by atoms with Crippen LogP contribution in [0.15, 0.2) is 36.4 Å². The first-order chi connectivity index (χ1) is 19.4. The van der Waals surface area contributed by atoms with Crippen LogP contribution in [-0.2, 0) is 14.2 Å². The van der Waals surface area contributed by atoms with Crippen molar-refractivity contribution in [2.24, 2.45) is 0 Å². The number of ketones is 1. The molecule has 0 aliphatic carbocycles.